The lowest BCUT2D eigenvalue weighted by Gasteiger charge is -1.89. The zero-order chi connectivity index (χ0) is 9.49. The first kappa shape index (κ1) is 13.0. The average molecular weight is 184 g/mol. The Hall–Kier alpha value is -0.620. The summed E-state index contributed by atoms with van der Waals surface area (Å²) in [6.45, 7) is 4.00. The number of hydrogen-bond donors (Lipinski definition) is 2. The van der Waals surface area contributed by atoms with Gasteiger partial charge in [-0.2, -0.15) is 8.42 Å². The lowest BCUT2D eigenvalue weighted by atomic mass is 10.5. The van der Waals surface area contributed by atoms with Crippen molar-refractivity contribution >= 4 is 16.1 Å². The molecule has 0 fully saturated rings. The van der Waals surface area contributed by atoms with Gasteiger partial charge in [-0.05, 0) is 0 Å². The molecule has 6 heteroatoms. The van der Waals surface area contributed by atoms with Crippen LogP contribution in [-0.4, -0.2) is 29.8 Å². The van der Waals surface area contributed by atoms with Crippen molar-refractivity contribution < 1.29 is 22.9 Å². The Labute approximate surface area is 65.8 Å². The van der Waals surface area contributed by atoms with Crippen molar-refractivity contribution in [2.75, 3.05) is 5.75 Å². The molecular formula is C5H12O5S. The van der Waals surface area contributed by atoms with Crippen molar-refractivity contribution in [2.24, 2.45) is 0 Å². The lowest BCUT2D eigenvalue weighted by Crippen LogP contribution is -2.08. The van der Waals surface area contributed by atoms with Crippen LogP contribution in [0.1, 0.15) is 20.3 Å². The van der Waals surface area contributed by atoms with Gasteiger partial charge in [0.05, 0.1) is 12.2 Å². The second-order valence-electron chi connectivity index (χ2n) is 1.43. The van der Waals surface area contributed by atoms with E-state index in [9.17, 15) is 13.2 Å². The fourth-order valence-electron chi connectivity index (χ4n) is 0.216. The average Bonchev–Trinajstić information content (AvgIpc) is 1.87. The highest BCUT2D eigenvalue weighted by molar-refractivity contribution is 7.85. The molecule has 0 unspecified atom stereocenters. The van der Waals surface area contributed by atoms with Crippen LogP contribution in [0, 0.1) is 0 Å². The van der Waals surface area contributed by atoms with Crippen molar-refractivity contribution in [1.82, 2.24) is 0 Å². The Morgan fingerprint density at radius 2 is 1.73 bits per heavy atom. The minimum atomic E-state index is -4.10. The van der Waals surface area contributed by atoms with Gasteiger partial charge in [0.25, 0.3) is 10.1 Å². The second-order valence-corrected chi connectivity index (χ2v) is 3.00. The maximum absolute atomic E-state index is 9.83. The molecule has 5 nitrogen and oxygen atoms in total. The zero-order valence-electron chi connectivity index (χ0n) is 6.44. The summed E-state index contributed by atoms with van der Waals surface area (Å²) in [7, 11) is -4.10. The summed E-state index contributed by atoms with van der Waals surface area (Å²) in [5.41, 5.74) is 0. The molecule has 0 radical (unpaired) electrons. The van der Waals surface area contributed by atoms with Gasteiger partial charge in [-0.15, -0.1) is 0 Å². The van der Waals surface area contributed by atoms with Gasteiger partial charge in [-0.1, -0.05) is 13.8 Å². The number of carboxylic acids is 1. The van der Waals surface area contributed by atoms with Crippen LogP contribution in [0.4, 0.5) is 0 Å². The Bertz CT molecular complexity index is 193. The van der Waals surface area contributed by atoms with Crippen LogP contribution >= 0.6 is 0 Å². The molecule has 0 aromatic rings. The van der Waals surface area contributed by atoms with Crippen molar-refractivity contribution in [2.45, 2.75) is 20.3 Å². The number of carboxylic acid groups (broad SMARTS) is 1. The summed E-state index contributed by atoms with van der Waals surface area (Å²) in [5, 5.41) is 7.90. The van der Waals surface area contributed by atoms with E-state index in [1.165, 1.54) is 0 Å². The quantitative estimate of drug-likeness (QED) is 0.618. The summed E-state index contributed by atoms with van der Waals surface area (Å²) in [6.07, 6.45) is -0.557. The van der Waals surface area contributed by atoms with E-state index in [0.717, 1.165) is 0 Å². The Morgan fingerprint density at radius 1 is 1.36 bits per heavy atom. The van der Waals surface area contributed by atoms with E-state index in [2.05, 4.69) is 0 Å². The number of carbonyl (C=O) groups is 1. The van der Waals surface area contributed by atoms with E-state index in [1.54, 1.807) is 0 Å². The normalized spacial score (nSPS) is 9.73. The summed E-state index contributed by atoms with van der Waals surface area (Å²) in [4.78, 5) is 9.67. The third-order valence-corrected chi connectivity index (χ3v) is 1.29. The van der Waals surface area contributed by atoms with Crippen LogP contribution in [0.2, 0.25) is 0 Å². The van der Waals surface area contributed by atoms with Gasteiger partial charge in [0, 0.05) is 0 Å². The number of hydrogen-bond acceptors (Lipinski definition) is 3. The van der Waals surface area contributed by atoms with Gasteiger partial charge in [0.2, 0.25) is 0 Å². The highest BCUT2D eigenvalue weighted by atomic mass is 32.2. The summed E-state index contributed by atoms with van der Waals surface area (Å²) >= 11 is 0. The van der Waals surface area contributed by atoms with Gasteiger partial charge in [0.15, 0.2) is 0 Å². The fourth-order valence-corrected chi connectivity index (χ4v) is 0.649. The Morgan fingerprint density at radius 3 is 1.82 bits per heavy atom. The molecule has 0 rings (SSSR count). The van der Waals surface area contributed by atoms with Crippen molar-refractivity contribution in [1.29, 1.82) is 0 Å². The van der Waals surface area contributed by atoms with Gasteiger partial charge in [-0.3, -0.25) is 9.35 Å². The van der Waals surface area contributed by atoms with Crippen LogP contribution in [0.5, 0.6) is 0 Å². The van der Waals surface area contributed by atoms with E-state index in [0.29, 0.717) is 0 Å². The molecule has 0 atom stereocenters. The molecule has 68 valence electrons. The minimum absolute atomic E-state index is 0.557. The van der Waals surface area contributed by atoms with Crippen LogP contribution in [0.3, 0.4) is 0 Å². The highest BCUT2D eigenvalue weighted by Gasteiger charge is 2.06. The molecule has 11 heavy (non-hydrogen) atoms. The first-order valence-corrected chi connectivity index (χ1v) is 4.70. The van der Waals surface area contributed by atoms with Crippen LogP contribution in [0.15, 0.2) is 0 Å². The lowest BCUT2D eigenvalue weighted by molar-refractivity contribution is -0.136. The van der Waals surface area contributed by atoms with E-state index in [4.69, 9.17) is 9.66 Å². The standard InChI is InChI=1S/C3H6O5S.C2H6/c4-3(5)1-2-9(6,7)8;1-2/h1-2H2,(H,4,5)(H,6,7,8);1-2H3. The van der Waals surface area contributed by atoms with E-state index in [1.807, 2.05) is 13.8 Å². The second kappa shape index (κ2) is 6.11. The topological polar surface area (TPSA) is 91.7 Å². The molecule has 0 aliphatic carbocycles. The van der Waals surface area contributed by atoms with Gasteiger partial charge in [-0.25, -0.2) is 0 Å². The minimum Gasteiger partial charge on any atom is -0.481 e. The number of aliphatic carboxylic acids is 1. The van der Waals surface area contributed by atoms with E-state index in [-0.39, 0.29) is 0 Å². The first-order chi connectivity index (χ1) is 4.92. The zero-order valence-corrected chi connectivity index (χ0v) is 7.26. The molecule has 0 saturated heterocycles. The SMILES string of the molecule is CC.O=C(O)CCS(=O)(=O)O. The van der Waals surface area contributed by atoms with E-state index >= 15 is 0 Å². The molecule has 2 N–H and O–H groups in total. The smallest absolute Gasteiger partial charge is 0.304 e. The van der Waals surface area contributed by atoms with Crippen molar-refractivity contribution in [3.8, 4) is 0 Å². The molecule has 0 saturated carbocycles. The molecule has 0 bridgehead atoms. The van der Waals surface area contributed by atoms with Crippen molar-refractivity contribution in [3.63, 3.8) is 0 Å². The number of rotatable bonds is 3. The third-order valence-electron chi connectivity index (χ3n) is 0.574. The predicted molar refractivity (Wildman–Crippen MR) is 40.0 cm³/mol. The van der Waals surface area contributed by atoms with Gasteiger partial charge < -0.3 is 5.11 Å². The predicted octanol–water partition coefficient (Wildman–Crippen LogP) is 0.375. The molecule has 0 heterocycles. The Kier molecular flexibility index (Phi) is 7.23. The maximum Gasteiger partial charge on any atom is 0.304 e. The van der Waals surface area contributed by atoms with Crippen LogP contribution in [-0.2, 0) is 14.9 Å². The Balaban J connectivity index is 0. The molecule has 0 aromatic heterocycles. The van der Waals surface area contributed by atoms with Gasteiger partial charge in [0.1, 0.15) is 0 Å². The van der Waals surface area contributed by atoms with Crippen LogP contribution < -0.4 is 0 Å². The molecule has 0 aliphatic rings. The monoisotopic (exact) mass is 184 g/mol. The fraction of sp³-hybridized carbons (Fsp3) is 0.800. The van der Waals surface area contributed by atoms with Gasteiger partial charge >= 0.3 is 5.97 Å². The molecule has 0 amide bonds. The molecule has 0 spiro atoms. The molecule has 0 aromatic carbocycles. The van der Waals surface area contributed by atoms with Crippen LogP contribution in [0.25, 0.3) is 0 Å². The first-order valence-electron chi connectivity index (χ1n) is 3.09. The largest absolute Gasteiger partial charge is 0.481 e. The summed E-state index contributed by atoms with van der Waals surface area (Å²) < 4.78 is 27.6. The molecule has 0 aliphatic heterocycles. The van der Waals surface area contributed by atoms with E-state index < -0.39 is 28.3 Å². The maximum atomic E-state index is 9.83. The summed E-state index contributed by atoms with van der Waals surface area (Å²) in [5.74, 6) is -1.96. The highest BCUT2D eigenvalue weighted by Crippen LogP contribution is 1.86. The van der Waals surface area contributed by atoms with Crippen molar-refractivity contribution in [3.05, 3.63) is 0 Å². The summed E-state index contributed by atoms with van der Waals surface area (Å²) in [6, 6.07) is 0. The third kappa shape index (κ3) is 17.7. The molecular weight excluding hydrogens is 172 g/mol.